The quantitative estimate of drug-likeness (QED) is 0.659. The van der Waals surface area contributed by atoms with E-state index in [9.17, 15) is 14.0 Å². The van der Waals surface area contributed by atoms with Crippen LogP contribution in [-0.2, 0) is 11.3 Å². The van der Waals surface area contributed by atoms with Crippen LogP contribution >= 0.6 is 11.6 Å². The van der Waals surface area contributed by atoms with E-state index in [0.29, 0.717) is 22.8 Å². The lowest BCUT2D eigenvalue weighted by molar-refractivity contribution is -0.885. The van der Waals surface area contributed by atoms with Crippen LogP contribution < -0.4 is 15.8 Å². The molecule has 3 aromatic rings. The molecule has 0 spiro atoms. The lowest BCUT2D eigenvalue weighted by Gasteiger charge is -2.15. The van der Waals surface area contributed by atoms with E-state index in [0.717, 1.165) is 21.4 Å². The molecule has 2 N–H and O–H groups in total. The van der Waals surface area contributed by atoms with E-state index in [1.807, 2.05) is 14.0 Å². The third-order valence-electron chi connectivity index (χ3n) is 4.19. The number of anilines is 1. The minimum absolute atomic E-state index is 0.179. The van der Waals surface area contributed by atoms with Crippen molar-refractivity contribution in [3.63, 3.8) is 0 Å². The van der Waals surface area contributed by atoms with Crippen molar-refractivity contribution in [2.24, 2.45) is 0 Å². The zero-order valence-corrected chi connectivity index (χ0v) is 15.7. The minimum Gasteiger partial charge on any atom is -0.423 e. The number of halogens is 2. The third-order valence-corrected chi connectivity index (χ3v) is 4.60. The second-order valence-electron chi connectivity index (χ2n) is 6.55. The summed E-state index contributed by atoms with van der Waals surface area (Å²) in [7, 11) is 1.85. The Kier molecular flexibility index (Phi) is 5.58. The number of benzene rings is 2. The first-order valence-electron chi connectivity index (χ1n) is 8.41. The van der Waals surface area contributed by atoms with Crippen LogP contribution in [0.4, 0.5) is 10.1 Å². The normalized spacial score (nSPS) is 12.1. The van der Waals surface area contributed by atoms with Crippen LogP contribution in [0, 0.1) is 12.7 Å². The molecular formula is C20H19ClFN2O3+. The van der Waals surface area contributed by atoms with Gasteiger partial charge in [-0.05, 0) is 48.9 Å². The zero-order chi connectivity index (χ0) is 19.6. The number of amides is 1. The monoisotopic (exact) mass is 389 g/mol. The molecule has 1 aromatic heterocycles. The molecule has 5 nitrogen and oxygen atoms in total. The Hall–Kier alpha value is -2.70. The molecule has 0 fully saturated rings. The van der Waals surface area contributed by atoms with Gasteiger partial charge in [0.1, 0.15) is 17.9 Å². The van der Waals surface area contributed by atoms with Crippen LogP contribution in [0.5, 0.6) is 0 Å². The molecule has 7 heteroatoms. The van der Waals surface area contributed by atoms with Crippen molar-refractivity contribution in [3.8, 4) is 0 Å². The van der Waals surface area contributed by atoms with Crippen molar-refractivity contribution in [3.05, 3.63) is 74.9 Å². The van der Waals surface area contributed by atoms with Crippen molar-refractivity contribution in [2.45, 2.75) is 13.5 Å². The number of rotatable bonds is 5. The number of nitrogens with one attached hydrogen (secondary N) is 2. The molecule has 0 aliphatic heterocycles. The van der Waals surface area contributed by atoms with Crippen LogP contribution in [0.15, 0.2) is 51.7 Å². The van der Waals surface area contributed by atoms with Gasteiger partial charge in [-0.1, -0.05) is 11.6 Å². The van der Waals surface area contributed by atoms with Gasteiger partial charge < -0.3 is 14.6 Å². The maximum absolute atomic E-state index is 12.9. The standard InChI is InChI=1S/C20H18ClFN2O3/c1-12-7-18-16(9-17(12)21)13(8-20(26)27-18)10-24(2)11-19(25)23-15-5-3-14(22)4-6-15/h3-9H,10-11H2,1-2H3,(H,23,25)/p+1. The van der Waals surface area contributed by atoms with E-state index in [2.05, 4.69) is 5.32 Å². The van der Waals surface area contributed by atoms with Crippen molar-refractivity contribution >= 4 is 34.2 Å². The van der Waals surface area contributed by atoms with Gasteiger partial charge in [-0.25, -0.2) is 9.18 Å². The summed E-state index contributed by atoms with van der Waals surface area (Å²) in [4.78, 5) is 24.9. The highest BCUT2D eigenvalue weighted by atomic mass is 35.5. The predicted octanol–water partition coefficient (Wildman–Crippen LogP) is 2.55. The zero-order valence-electron chi connectivity index (χ0n) is 14.9. The topological polar surface area (TPSA) is 63.8 Å². The molecule has 0 aliphatic carbocycles. The fraction of sp³-hybridized carbons (Fsp3) is 0.200. The molecular weight excluding hydrogens is 371 g/mol. The third kappa shape index (κ3) is 4.72. The number of hydrogen-bond acceptors (Lipinski definition) is 3. The van der Waals surface area contributed by atoms with Gasteiger partial charge in [0.2, 0.25) is 0 Å². The van der Waals surface area contributed by atoms with Crippen molar-refractivity contribution in [1.29, 1.82) is 0 Å². The second kappa shape index (κ2) is 7.90. The number of likely N-dealkylation sites (N-methyl/N-ethyl adjacent to an activating group) is 1. The Morgan fingerprint density at radius 3 is 2.63 bits per heavy atom. The van der Waals surface area contributed by atoms with Crippen LogP contribution in [-0.4, -0.2) is 19.5 Å². The highest BCUT2D eigenvalue weighted by molar-refractivity contribution is 6.32. The lowest BCUT2D eigenvalue weighted by atomic mass is 10.1. The Morgan fingerprint density at radius 2 is 1.93 bits per heavy atom. The molecule has 0 saturated carbocycles. The van der Waals surface area contributed by atoms with E-state index >= 15 is 0 Å². The molecule has 0 bridgehead atoms. The van der Waals surface area contributed by atoms with E-state index in [4.69, 9.17) is 16.0 Å². The van der Waals surface area contributed by atoms with E-state index < -0.39 is 5.63 Å². The summed E-state index contributed by atoms with van der Waals surface area (Å²) in [5.41, 5.74) is 2.15. The Labute approximate surface area is 160 Å². The predicted molar refractivity (Wildman–Crippen MR) is 103 cm³/mol. The van der Waals surface area contributed by atoms with Gasteiger partial charge in [0.05, 0.1) is 7.05 Å². The molecule has 0 radical (unpaired) electrons. The minimum atomic E-state index is -0.442. The molecule has 0 aliphatic rings. The first-order valence-corrected chi connectivity index (χ1v) is 8.79. The molecule has 0 saturated heterocycles. The highest BCUT2D eigenvalue weighted by Crippen LogP contribution is 2.24. The van der Waals surface area contributed by atoms with Gasteiger partial charge in [-0.3, -0.25) is 4.79 Å². The molecule has 27 heavy (non-hydrogen) atoms. The van der Waals surface area contributed by atoms with Crippen LogP contribution in [0.1, 0.15) is 11.1 Å². The molecule has 140 valence electrons. The Bertz CT molecular complexity index is 1050. The number of aryl methyl sites for hydroxylation is 1. The summed E-state index contributed by atoms with van der Waals surface area (Å²) < 4.78 is 18.2. The summed E-state index contributed by atoms with van der Waals surface area (Å²) in [5, 5.41) is 4.06. The SMILES string of the molecule is Cc1cc2oc(=O)cc(C[NH+](C)CC(=O)Nc3ccc(F)cc3)c2cc1Cl. The van der Waals surface area contributed by atoms with E-state index in [1.54, 1.807) is 12.1 Å². The number of hydrogen-bond donors (Lipinski definition) is 2. The maximum atomic E-state index is 12.9. The van der Waals surface area contributed by atoms with Gasteiger partial charge >= 0.3 is 5.63 Å². The van der Waals surface area contributed by atoms with Gasteiger partial charge in [0.15, 0.2) is 6.54 Å². The van der Waals surface area contributed by atoms with Gasteiger partial charge in [-0.15, -0.1) is 0 Å². The van der Waals surface area contributed by atoms with Crippen molar-refractivity contribution in [2.75, 3.05) is 18.9 Å². The van der Waals surface area contributed by atoms with Gasteiger partial charge in [0, 0.05) is 27.7 Å². The number of carbonyl (C=O) groups is 1. The Morgan fingerprint density at radius 1 is 1.22 bits per heavy atom. The first kappa shape index (κ1) is 19.1. The summed E-state index contributed by atoms with van der Waals surface area (Å²) in [6, 6.07) is 10.5. The van der Waals surface area contributed by atoms with Gasteiger partial charge in [0.25, 0.3) is 5.91 Å². The first-order chi connectivity index (χ1) is 12.8. The smallest absolute Gasteiger partial charge is 0.336 e. The molecule has 2 aromatic carbocycles. The van der Waals surface area contributed by atoms with Crippen molar-refractivity contribution in [1.82, 2.24) is 0 Å². The average Bonchev–Trinajstić information content (AvgIpc) is 2.58. The number of carbonyl (C=O) groups excluding carboxylic acids is 1. The summed E-state index contributed by atoms with van der Waals surface area (Å²) in [6.07, 6.45) is 0. The number of fused-ring (bicyclic) bond motifs is 1. The fourth-order valence-electron chi connectivity index (χ4n) is 2.89. The summed E-state index contributed by atoms with van der Waals surface area (Å²) >= 11 is 6.20. The Balaban J connectivity index is 1.74. The van der Waals surface area contributed by atoms with Crippen LogP contribution in [0.3, 0.4) is 0 Å². The van der Waals surface area contributed by atoms with Gasteiger partial charge in [-0.2, -0.15) is 0 Å². The molecule has 1 heterocycles. The highest BCUT2D eigenvalue weighted by Gasteiger charge is 2.15. The number of quaternary nitrogens is 1. The lowest BCUT2D eigenvalue weighted by Crippen LogP contribution is -3.08. The molecule has 1 unspecified atom stereocenters. The largest absolute Gasteiger partial charge is 0.423 e. The van der Waals surface area contributed by atoms with Crippen molar-refractivity contribution < 1.29 is 18.5 Å². The van der Waals surface area contributed by atoms with E-state index in [1.165, 1.54) is 30.3 Å². The second-order valence-corrected chi connectivity index (χ2v) is 6.96. The maximum Gasteiger partial charge on any atom is 0.336 e. The molecule has 1 amide bonds. The molecule has 1 atom stereocenters. The van der Waals surface area contributed by atoms with E-state index in [-0.39, 0.29) is 18.3 Å². The summed E-state index contributed by atoms with van der Waals surface area (Å²) in [6.45, 7) is 2.46. The average molecular weight is 390 g/mol. The van der Waals surface area contributed by atoms with Crippen LogP contribution in [0.25, 0.3) is 11.0 Å². The summed E-state index contributed by atoms with van der Waals surface area (Å²) in [5.74, 6) is -0.570. The fourth-order valence-corrected chi connectivity index (χ4v) is 3.06. The van der Waals surface area contributed by atoms with Crippen LogP contribution in [0.2, 0.25) is 5.02 Å². The molecule has 3 rings (SSSR count).